The molecule has 0 bridgehead atoms. The molecule has 1 heterocycles. The van der Waals surface area contributed by atoms with E-state index < -0.39 is 0 Å². The van der Waals surface area contributed by atoms with E-state index >= 15 is 0 Å². The summed E-state index contributed by atoms with van der Waals surface area (Å²) in [5.41, 5.74) is 1.03. The zero-order valence-corrected chi connectivity index (χ0v) is 9.89. The molecular weight excluding hydrogens is 222 g/mol. The van der Waals surface area contributed by atoms with Crippen LogP contribution in [-0.4, -0.2) is 32.8 Å². The van der Waals surface area contributed by atoms with E-state index in [0.29, 0.717) is 0 Å². The van der Waals surface area contributed by atoms with Crippen LogP contribution in [0.4, 0.5) is 0 Å². The van der Waals surface area contributed by atoms with Gasteiger partial charge >= 0.3 is 0 Å². The van der Waals surface area contributed by atoms with Gasteiger partial charge in [0.2, 0.25) is 0 Å². The third kappa shape index (κ3) is 3.53. The summed E-state index contributed by atoms with van der Waals surface area (Å²) in [6, 6.07) is 7.63. The van der Waals surface area contributed by atoms with Crippen LogP contribution in [0.5, 0.6) is 0 Å². The molecule has 0 spiro atoms. The quantitative estimate of drug-likeness (QED) is 0.706. The Morgan fingerprint density at radius 1 is 1.19 bits per heavy atom. The van der Waals surface area contributed by atoms with Gasteiger partial charge in [-0.05, 0) is 30.2 Å². The van der Waals surface area contributed by atoms with Crippen LogP contribution < -0.4 is 4.90 Å². The van der Waals surface area contributed by atoms with Crippen LogP contribution in [0.15, 0.2) is 24.3 Å². The molecule has 84 valence electrons. The number of hydrogen-bond acceptors (Lipinski definition) is 1. The van der Waals surface area contributed by atoms with Crippen LogP contribution in [0, 0.1) is 11.8 Å². The van der Waals surface area contributed by atoms with E-state index in [1.54, 1.807) is 0 Å². The first-order valence-corrected chi connectivity index (χ1v) is 5.88. The van der Waals surface area contributed by atoms with Crippen molar-refractivity contribution in [2.24, 2.45) is 0 Å². The molecule has 0 atom stereocenters. The predicted molar refractivity (Wildman–Crippen MR) is 64.7 cm³/mol. The molecule has 1 aliphatic rings. The molecule has 1 N–H and O–H groups in total. The lowest BCUT2D eigenvalue weighted by atomic mass is 10.2. The zero-order valence-electron chi connectivity index (χ0n) is 9.13. The highest BCUT2D eigenvalue weighted by Gasteiger charge is 2.11. The average molecular weight is 237 g/mol. The Morgan fingerprint density at radius 3 is 2.56 bits per heavy atom. The summed E-state index contributed by atoms with van der Waals surface area (Å²) in [6.07, 6.45) is 0. The summed E-state index contributed by atoms with van der Waals surface area (Å²) in [5.74, 6) is 6.35. The van der Waals surface area contributed by atoms with Crippen molar-refractivity contribution in [2.75, 3.05) is 32.8 Å². The molecule has 0 unspecified atom stereocenters. The Hall–Kier alpha value is -1.01. The van der Waals surface area contributed by atoms with E-state index in [4.69, 9.17) is 16.3 Å². The van der Waals surface area contributed by atoms with Crippen LogP contribution in [0.1, 0.15) is 5.56 Å². The number of hydrogen-bond donors (Lipinski definition) is 1. The number of ether oxygens (including phenoxy) is 1. The molecule has 16 heavy (non-hydrogen) atoms. The number of quaternary nitrogens is 1. The lowest BCUT2D eigenvalue weighted by Gasteiger charge is -2.21. The van der Waals surface area contributed by atoms with E-state index in [1.807, 2.05) is 24.3 Å². The topological polar surface area (TPSA) is 13.7 Å². The van der Waals surface area contributed by atoms with Gasteiger partial charge < -0.3 is 9.64 Å². The first-order chi connectivity index (χ1) is 7.84. The molecule has 0 aromatic heterocycles. The molecule has 2 rings (SSSR count). The summed E-state index contributed by atoms with van der Waals surface area (Å²) in [5, 5.41) is 0.754. The van der Waals surface area contributed by atoms with Crippen LogP contribution in [0.2, 0.25) is 5.02 Å². The average Bonchev–Trinajstić information content (AvgIpc) is 2.33. The largest absolute Gasteiger partial charge is 0.370 e. The molecule has 0 amide bonds. The highest BCUT2D eigenvalue weighted by Crippen LogP contribution is 2.07. The van der Waals surface area contributed by atoms with E-state index in [1.165, 1.54) is 4.90 Å². The van der Waals surface area contributed by atoms with Gasteiger partial charge in [-0.1, -0.05) is 17.5 Å². The molecule has 1 aromatic rings. The Balaban J connectivity index is 1.87. The summed E-state index contributed by atoms with van der Waals surface area (Å²) in [4.78, 5) is 1.51. The number of nitrogens with one attached hydrogen (secondary N) is 1. The van der Waals surface area contributed by atoms with E-state index in [-0.39, 0.29) is 0 Å². The van der Waals surface area contributed by atoms with Gasteiger partial charge in [-0.25, -0.2) is 0 Å². The maximum absolute atomic E-state index is 5.80. The molecule has 1 aromatic carbocycles. The van der Waals surface area contributed by atoms with Gasteiger partial charge in [0.25, 0.3) is 0 Å². The second-order valence-corrected chi connectivity index (χ2v) is 4.28. The number of halogens is 1. The molecule has 0 saturated carbocycles. The number of morpholine rings is 1. The van der Waals surface area contributed by atoms with E-state index in [2.05, 4.69) is 11.8 Å². The van der Waals surface area contributed by atoms with Crippen LogP contribution >= 0.6 is 11.6 Å². The van der Waals surface area contributed by atoms with Crippen molar-refractivity contribution in [3.63, 3.8) is 0 Å². The van der Waals surface area contributed by atoms with Crippen molar-refractivity contribution in [1.82, 2.24) is 0 Å². The molecule has 1 saturated heterocycles. The third-order valence-corrected chi connectivity index (χ3v) is 2.87. The molecular formula is C13H15ClNO+. The monoisotopic (exact) mass is 236 g/mol. The molecule has 3 heteroatoms. The van der Waals surface area contributed by atoms with Crippen molar-refractivity contribution in [2.45, 2.75) is 0 Å². The minimum absolute atomic E-state index is 0.754. The van der Waals surface area contributed by atoms with Crippen molar-refractivity contribution < 1.29 is 9.64 Å². The lowest BCUT2D eigenvalue weighted by Crippen LogP contribution is -3.14. The Kier molecular flexibility index (Phi) is 4.24. The fourth-order valence-electron chi connectivity index (χ4n) is 1.64. The van der Waals surface area contributed by atoms with Crippen molar-refractivity contribution >= 4 is 11.6 Å². The van der Waals surface area contributed by atoms with Gasteiger partial charge in [0.15, 0.2) is 0 Å². The highest BCUT2D eigenvalue weighted by molar-refractivity contribution is 6.30. The molecule has 1 fully saturated rings. The van der Waals surface area contributed by atoms with Gasteiger partial charge in [0.05, 0.1) is 13.2 Å². The van der Waals surface area contributed by atoms with Crippen molar-refractivity contribution in [3.05, 3.63) is 34.9 Å². The SMILES string of the molecule is Clc1ccc(C#CC[NH+]2CCOCC2)cc1. The second kappa shape index (κ2) is 5.91. The first-order valence-electron chi connectivity index (χ1n) is 5.50. The van der Waals surface area contributed by atoms with Gasteiger partial charge in [0, 0.05) is 10.6 Å². The minimum atomic E-state index is 0.754. The fourth-order valence-corrected chi connectivity index (χ4v) is 1.77. The van der Waals surface area contributed by atoms with Crippen molar-refractivity contribution in [1.29, 1.82) is 0 Å². The molecule has 0 aliphatic carbocycles. The van der Waals surface area contributed by atoms with Crippen LogP contribution in [0.25, 0.3) is 0 Å². The smallest absolute Gasteiger partial charge is 0.139 e. The lowest BCUT2D eigenvalue weighted by molar-refractivity contribution is -0.900. The highest BCUT2D eigenvalue weighted by atomic mass is 35.5. The first kappa shape index (κ1) is 11.5. The Morgan fingerprint density at radius 2 is 1.88 bits per heavy atom. The summed E-state index contributed by atoms with van der Waals surface area (Å²) >= 11 is 5.80. The number of benzene rings is 1. The normalized spacial score (nSPS) is 16.6. The standard InChI is InChI=1S/C13H14ClNO/c14-13-5-3-12(4-6-13)2-1-7-15-8-10-16-11-9-15/h3-6H,7-11H2/p+1. The predicted octanol–water partition coefficient (Wildman–Crippen LogP) is 0.607. The fraction of sp³-hybridized carbons (Fsp3) is 0.385. The third-order valence-electron chi connectivity index (χ3n) is 2.62. The Bertz CT molecular complexity index is 385. The van der Waals surface area contributed by atoms with E-state index in [9.17, 15) is 0 Å². The zero-order chi connectivity index (χ0) is 11.2. The van der Waals surface area contributed by atoms with Gasteiger partial charge in [-0.2, -0.15) is 0 Å². The number of rotatable bonds is 1. The molecule has 1 aliphatic heterocycles. The van der Waals surface area contributed by atoms with Crippen LogP contribution in [-0.2, 0) is 4.74 Å². The summed E-state index contributed by atoms with van der Waals surface area (Å²) < 4.78 is 5.29. The maximum Gasteiger partial charge on any atom is 0.139 e. The molecule has 2 nitrogen and oxygen atoms in total. The Labute approximate surface area is 101 Å². The summed E-state index contributed by atoms with van der Waals surface area (Å²) in [7, 11) is 0. The minimum Gasteiger partial charge on any atom is -0.370 e. The van der Waals surface area contributed by atoms with Gasteiger partial charge in [-0.3, -0.25) is 0 Å². The van der Waals surface area contributed by atoms with Gasteiger partial charge in [-0.15, -0.1) is 0 Å². The molecule has 0 radical (unpaired) electrons. The van der Waals surface area contributed by atoms with Crippen LogP contribution in [0.3, 0.4) is 0 Å². The maximum atomic E-state index is 5.80. The van der Waals surface area contributed by atoms with Crippen molar-refractivity contribution in [3.8, 4) is 11.8 Å². The second-order valence-electron chi connectivity index (χ2n) is 3.85. The van der Waals surface area contributed by atoms with Gasteiger partial charge in [0.1, 0.15) is 19.6 Å². The van der Waals surface area contributed by atoms with E-state index in [0.717, 1.165) is 43.4 Å². The summed E-state index contributed by atoms with van der Waals surface area (Å²) in [6.45, 7) is 4.74.